The van der Waals surface area contributed by atoms with Gasteiger partial charge in [-0.3, -0.25) is 14.9 Å². The molecule has 7 nitrogen and oxygen atoms in total. The largest absolute Gasteiger partial charge is 0.492 e. The standard InChI is InChI=1S/C20H19N3O4S/c1-23(19-21-15-4-2-3-5-16(15)27-19)10-11-26-14-8-6-13(7-9-14)12-17-18(24)22-20(25)28-17/h2-9,17H,10-12H2,1H3,(H,22,24,25). The summed E-state index contributed by atoms with van der Waals surface area (Å²) in [5.74, 6) is 0.520. The molecule has 28 heavy (non-hydrogen) atoms. The third-order valence-corrected chi connectivity index (χ3v) is 5.40. The van der Waals surface area contributed by atoms with Gasteiger partial charge in [0.1, 0.15) is 17.9 Å². The van der Waals surface area contributed by atoms with Crippen LogP contribution in [-0.4, -0.2) is 41.6 Å². The Hall–Kier alpha value is -3.00. The third-order valence-electron chi connectivity index (χ3n) is 4.42. The first-order valence-corrected chi connectivity index (χ1v) is 9.76. The molecular formula is C20H19N3O4S. The zero-order valence-corrected chi connectivity index (χ0v) is 16.1. The van der Waals surface area contributed by atoms with Crippen molar-refractivity contribution in [2.24, 2.45) is 0 Å². The van der Waals surface area contributed by atoms with Crippen molar-refractivity contribution < 1.29 is 18.7 Å². The summed E-state index contributed by atoms with van der Waals surface area (Å²) in [6.07, 6.45) is 0.517. The molecule has 144 valence electrons. The number of anilines is 1. The molecule has 1 N–H and O–H groups in total. The highest BCUT2D eigenvalue weighted by Crippen LogP contribution is 2.24. The predicted octanol–water partition coefficient (Wildman–Crippen LogP) is 3.24. The summed E-state index contributed by atoms with van der Waals surface area (Å²) in [5, 5.41) is 1.67. The topological polar surface area (TPSA) is 84.7 Å². The van der Waals surface area contributed by atoms with E-state index in [4.69, 9.17) is 9.15 Å². The van der Waals surface area contributed by atoms with Crippen LogP contribution in [0.5, 0.6) is 5.75 Å². The van der Waals surface area contributed by atoms with Gasteiger partial charge < -0.3 is 14.1 Å². The smallest absolute Gasteiger partial charge is 0.298 e. The van der Waals surface area contributed by atoms with Crippen LogP contribution in [-0.2, 0) is 11.2 Å². The first-order valence-electron chi connectivity index (χ1n) is 8.88. The minimum Gasteiger partial charge on any atom is -0.492 e. The molecule has 0 saturated carbocycles. The fraction of sp³-hybridized carbons (Fsp3) is 0.250. The molecule has 1 fully saturated rings. The van der Waals surface area contributed by atoms with Gasteiger partial charge in [-0.25, -0.2) is 0 Å². The lowest BCUT2D eigenvalue weighted by Crippen LogP contribution is -2.25. The van der Waals surface area contributed by atoms with Crippen LogP contribution in [0, 0.1) is 0 Å². The van der Waals surface area contributed by atoms with Gasteiger partial charge >= 0.3 is 0 Å². The number of carbonyl (C=O) groups excluding carboxylic acids is 2. The number of amides is 2. The molecular weight excluding hydrogens is 378 g/mol. The van der Waals surface area contributed by atoms with Crippen LogP contribution in [0.1, 0.15) is 5.56 Å². The molecule has 2 heterocycles. The Morgan fingerprint density at radius 2 is 1.96 bits per heavy atom. The molecule has 1 atom stereocenters. The second-order valence-electron chi connectivity index (χ2n) is 6.47. The number of aromatic nitrogens is 1. The van der Waals surface area contributed by atoms with Gasteiger partial charge in [-0.05, 0) is 36.2 Å². The predicted molar refractivity (Wildman–Crippen MR) is 108 cm³/mol. The lowest BCUT2D eigenvalue weighted by atomic mass is 10.1. The van der Waals surface area contributed by atoms with Crippen molar-refractivity contribution in [3.63, 3.8) is 0 Å². The number of nitrogens with one attached hydrogen (secondary N) is 1. The Labute approximate surface area is 166 Å². The number of ether oxygens (including phenoxy) is 1. The SMILES string of the molecule is CN(CCOc1ccc(CC2SC(=O)NC2=O)cc1)c1nc2ccccc2o1. The average molecular weight is 397 g/mol. The Kier molecular flexibility index (Phi) is 5.21. The van der Waals surface area contributed by atoms with Gasteiger partial charge in [0.2, 0.25) is 5.91 Å². The number of carbonyl (C=O) groups is 2. The lowest BCUT2D eigenvalue weighted by molar-refractivity contribution is -0.118. The van der Waals surface area contributed by atoms with E-state index < -0.39 is 0 Å². The van der Waals surface area contributed by atoms with E-state index in [1.807, 2.05) is 60.5 Å². The summed E-state index contributed by atoms with van der Waals surface area (Å²) >= 11 is 1.04. The normalized spacial score (nSPS) is 16.4. The highest BCUT2D eigenvalue weighted by molar-refractivity contribution is 8.15. The van der Waals surface area contributed by atoms with E-state index in [0.29, 0.717) is 25.6 Å². The van der Waals surface area contributed by atoms with Crippen molar-refractivity contribution in [3.05, 3.63) is 54.1 Å². The van der Waals surface area contributed by atoms with Crippen LogP contribution in [0.3, 0.4) is 0 Å². The van der Waals surface area contributed by atoms with E-state index in [1.54, 1.807) is 0 Å². The summed E-state index contributed by atoms with van der Waals surface area (Å²) in [5.41, 5.74) is 2.58. The van der Waals surface area contributed by atoms with E-state index in [9.17, 15) is 9.59 Å². The van der Waals surface area contributed by atoms with Crippen LogP contribution in [0.25, 0.3) is 11.1 Å². The maximum absolute atomic E-state index is 11.6. The van der Waals surface area contributed by atoms with Crippen LogP contribution in [0.15, 0.2) is 52.9 Å². The second kappa shape index (κ2) is 7.93. The van der Waals surface area contributed by atoms with Crippen molar-refractivity contribution in [3.8, 4) is 5.75 Å². The van der Waals surface area contributed by atoms with Crippen molar-refractivity contribution in [1.29, 1.82) is 0 Å². The number of oxazole rings is 1. The number of fused-ring (bicyclic) bond motifs is 1. The van der Waals surface area contributed by atoms with Gasteiger partial charge in [-0.15, -0.1) is 0 Å². The lowest BCUT2D eigenvalue weighted by Gasteiger charge is -2.15. The van der Waals surface area contributed by atoms with Gasteiger partial charge in [0.25, 0.3) is 11.3 Å². The van der Waals surface area contributed by atoms with Gasteiger partial charge in [0.05, 0.1) is 11.8 Å². The van der Waals surface area contributed by atoms with E-state index >= 15 is 0 Å². The van der Waals surface area contributed by atoms with Gasteiger partial charge in [-0.1, -0.05) is 36.0 Å². The number of benzene rings is 2. The molecule has 0 spiro atoms. The number of para-hydroxylation sites is 2. The molecule has 1 aromatic heterocycles. The van der Waals surface area contributed by atoms with Crippen LogP contribution >= 0.6 is 11.8 Å². The molecule has 1 saturated heterocycles. The number of thioether (sulfide) groups is 1. The minimum atomic E-state index is -0.357. The number of likely N-dealkylation sites (N-methyl/N-ethyl adjacent to an activating group) is 1. The molecule has 2 aromatic carbocycles. The summed E-state index contributed by atoms with van der Waals surface area (Å²) in [6, 6.07) is 15.8. The average Bonchev–Trinajstić information content (AvgIpc) is 3.26. The summed E-state index contributed by atoms with van der Waals surface area (Å²) in [4.78, 5) is 29.2. The third kappa shape index (κ3) is 4.12. The summed E-state index contributed by atoms with van der Waals surface area (Å²) in [7, 11) is 1.91. The van der Waals surface area contributed by atoms with E-state index in [-0.39, 0.29) is 16.4 Å². The molecule has 2 amide bonds. The zero-order valence-electron chi connectivity index (χ0n) is 15.3. The monoisotopic (exact) mass is 397 g/mol. The Bertz CT molecular complexity index is 969. The molecule has 0 radical (unpaired) electrons. The molecule has 3 aromatic rings. The number of nitrogens with zero attached hydrogens (tertiary/aromatic N) is 2. The summed E-state index contributed by atoms with van der Waals surface area (Å²) < 4.78 is 11.5. The number of hydrogen-bond donors (Lipinski definition) is 1. The van der Waals surface area contributed by atoms with Crippen LogP contribution < -0.4 is 15.0 Å². The van der Waals surface area contributed by atoms with E-state index in [1.165, 1.54) is 0 Å². The van der Waals surface area contributed by atoms with E-state index in [2.05, 4.69) is 10.3 Å². The maximum atomic E-state index is 11.6. The Balaban J connectivity index is 1.27. The van der Waals surface area contributed by atoms with Crippen molar-refractivity contribution in [1.82, 2.24) is 10.3 Å². The van der Waals surface area contributed by atoms with Crippen LogP contribution in [0.4, 0.5) is 10.8 Å². The zero-order chi connectivity index (χ0) is 19.5. The molecule has 0 aliphatic carbocycles. The fourth-order valence-corrected chi connectivity index (χ4v) is 3.74. The Morgan fingerprint density at radius 1 is 1.18 bits per heavy atom. The van der Waals surface area contributed by atoms with Gasteiger partial charge in [-0.2, -0.15) is 4.98 Å². The highest BCUT2D eigenvalue weighted by atomic mass is 32.2. The Morgan fingerprint density at radius 3 is 2.68 bits per heavy atom. The molecule has 1 unspecified atom stereocenters. The summed E-state index contributed by atoms with van der Waals surface area (Å²) in [6.45, 7) is 1.10. The second-order valence-corrected chi connectivity index (χ2v) is 7.64. The molecule has 1 aliphatic heterocycles. The van der Waals surface area contributed by atoms with Crippen molar-refractivity contribution >= 4 is 40.0 Å². The number of rotatable bonds is 7. The minimum absolute atomic E-state index is 0.224. The molecule has 1 aliphatic rings. The first-order chi connectivity index (χ1) is 13.6. The number of imide groups is 1. The quantitative estimate of drug-likeness (QED) is 0.655. The van der Waals surface area contributed by atoms with Crippen molar-refractivity contribution in [2.45, 2.75) is 11.7 Å². The first kappa shape index (κ1) is 18.4. The van der Waals surface area contributed by atoms with Crippen LogP contribution in [0.2, 0.25) is 0 Å². The molecule has 8 heteroatoms. The maximum Gasteiger partial charge on any atom is 0.298 e. The highest BCUT2D eigenvalue weighted by Gasteiger charge is 2.31. The van der Waals surface area contributed by atoms with Gasteiger partial charge in [0.15, 0.2) is 5.58 Å². The molecule has 0 bridgehead atoms. The molecule has 4 rings (SSSR count). The fourth-order valence-electron chi connectivity index (χ4n) is 2.88. The van der Waals surface area contributed by atoms with E-state index in [0.717, 1.165) is 34.2 Å². The number of hydrogen-bond acceptors (Lipinski definition) is 7. The van der Waals surface area contributed by atoms with Gasteiger partial charge in [0, 0.05) is 7.05 Å². The van der Waals surface area contributed by atoms with Crippen molar-refractivity contribution in [2.75, 3.05) is 25.1 Å².